The third kappa shape index (κ3) is 6.49. The number of aryl methyl sites for hydroxylation is 2. The molecule has 0 unspecified atom stereocenters. The molecule has 3 aromatic rings. The lowest BCUT2D eigenvalue weighted by molar-refractivity contribution is 0.102. The average Bonchev–Trinajstić information content (AvgIpc) is 3.14. The Morgan fingerprint density at radius 2 is 1.42 bits per heavy atom. The van der Waals surface area contributed by atoms with Crippen LogP contribution >= 0.6 is 11.6 Å². The molecule has 10 nitrogen and oxygen atoms in total. The summed E-state index contributed by atoms with van der Waals surface area (Å²) < 4.78 is 55.6. The van der Waals surface area contributed by atoms with Crippen molar-refractivity contribution >= 4 is 49.2 Å². The molecular formula is C25H28ClN5O5S2. The molecule has 1 saturated heterocycles. The summed E-state index contributed by atoms with van der Waals surface area (Å²) in [6.07, 6.45) is 3.55. The normalized spacial score (nSPS) is 15.0. The quantitative estimate of drug-likeness (QED) is 0.425. The second-order valence-corrected chi connectivity index (χ2v) is 13.0. The molecule has 2 N–H and O–H groups in total. The molecule has 202 valence electrons. The average molecular weight is 578 g/mol. The highest BCUT2D eigenvalue weighted by molar-refractivity contribution is 7.92. The van der Waals surface area contributed by atoms with Gasteiger partial charge >= 0.3 is 0 Å². The molecule has 0 spiro atoms. The Morgan fingerprint density at radius 1 is 0.842 bits per heavy atom. The summed E-state index contributed by atoms with van der Waals surface area (Å²) >= 11 is 6.23. The second kappa shape index (κ2) is 11.4. The topological polar surface area (TPSA) is 138 Å². The van der Waals surface area contributed by atoms with Gasteiger partial charge in [-0.3, -0.25) is 4.79 Å². The first kappa shape index (κ1) is 28.0. The van der Waals surface area contributed by atoms with Crippen LogP contribution in [-0.4, -0.2) is 50.1 Å². The van der Waals surface area contributed by atoms with Crippen molar-refractivity contribution in [3.05, 3.63) is 70.5 Å². The van der Waals surface area contributed by atoms with E-state index in [2.05, 4.69) is 20.0 Å². The van der Waals surface area contributed by atoms with Crippen molar-refractivity contribution in [3.8, 4) is 0 Å². The number of nitrogens with zero attached hydrogens (tertiary/aromatic N) is 3. The molecule has 0 atom stereocenters. The van der Waals surface area contributed by atoms with Crippen molar-refractivity contribution < 1.29 is 21.6 Å². The lowest BCUT2D eigenvalue weighted by Gasteiger charge is -2.20. The molecular weight excluding hydrogens is 550 g/mol. The molecule has 1 fully saturated rings. The van der Waals surface area contributed by atoms with E-state index in [-0.39, 0.29) is 26.3 Å². The first-order valence-electron chi connectivity index (χ1n) is 12.0. The molecule has 1 amide bonds. The van der Waals surface area contributed by atoms with Crippen molar-refractivity contribution in [3.63, 3.8) is 0 Å². The van der Waals surface area contributed by atoms with Crippen molar-refractivity contribution in [2.24, 2.45) is 0 Å². The van der Waals surface area contributed by atoms with Crippen LogP contribution in [0.5, 0.6) is 0 Å². The highest BCUT2D eigenvalue weighted by Gasteiger charge is 2.27. The summed E-state index contributed by atoms with van der Waals surface area (Å²) in [6, 6.07) is 11.3. The Morgan fingerprint density at radius 3 is 2.03 bits per heavy atom. The SMILES string of the molecule is Cc1cc(C)nc(NS(=O)(=O)c2ccc(NC(=O)c3cc(S(=O)(=O)N4CCCCCC4)ccc3Cl)cc2)n1. The monoisotopic (exact) mass is 577 g/mol. The van der Waals surface area contributed by atoms with E-state index in [0.717, 1.165) is 25.7 Å². The van der Waals surface area contributed by atoms with Gasteiger partial charge in [0.05, 0.1) is 20.4 Å². The highest BCUT2D eigenvalue weighted by Crippen LogP contribution is 2.26. The molecule has 1 aromatic heterocycles. The third-order valence-corrected chi connectivity index (χ3v) is 9.58. The number of carbonyl (C=O) groups is 1. The van der Waals surface area contributed by atoms with E-state index in [1.54, 1.807) is 19.9 Å². The lowest BCUT2D eigenvalue weighted by Crippen LogP contribution is -2.32. The van der Waals surface area contributed by atoms with Gasteiger partial charge in [0.25, 0.3) is 15.9 Å². The molecule has 2 aromatic carbocycles. The van der Waals surface area contributed by atoms with E-state index in [1.165, 1.54) is 46.8 Å². The zero-order valence-electron chi connectivity index (χ0n) is 20.9. The van der Waals surface area contributed by atoms with Crippen LogP contribution in [-0.2, 0) is 20.0 Å². The standard InChI is InChI=1S/C25H28ClN5O5S2/c1-17-15-18(2)28-25(27-17)30-37(33,34)20-9-7-19(8-10-20)29-24(32)22-16-21(11-12-23(22)26)38(35,36)31-13-5-3-4-6-14-31/h7-12,15-16H,3-6,13-14H2,1-2H3,(H,29,32)(H,27,28,30). The van der Waals surface area contributed by atoms with E-state index in [0.29, 0.717) is 30.2 Å². The predicted molar refractivity (Wildman–Crippen MR) is 145 cm³/mol. The number of anilines is 2. The number of rotatable bonds is 7. The fraction of sp³-hybridized carbons (Fsp3) is 0.320. The molecule has 0 saturated carbocycles. The van der Waals surface area contributed by atoms with Gasteiger partial charge in [-0.05, 0) is 75.2 Å². The van der Waals surface area contributed by atoms with Gasteiger partial charge in [0.2, 0.25) is 16.0 Å². The summed E-state index contributed by atoms with van der Waals surface area (Å²) in [5, 5.41) is 2.73. The molecule has 0 radical (unpaired) electrons. The molecule has 2 heterocycles. The van der Waals surface area contributed by atoms with Crippen LogP contribution in [0.4, 0.5) is 11.6 Å². The fourth-order valence-electron chi connectivity index (χ4n) is 4.14. The van der Waals surface area contributed by atoms with E-state index in [1.807, 2.05) is 0 Å². The summed E-state index contributed by atoms with van der Waals surface area (Å²) in [4.78, 5) is 21.1. The summed E-state index contributed by atoms with van der Waals surface area (Å²) in [7, 11) is -7.74. The Bertz CT molecular complexity index is 1530. The molecule has 13 heteroatoms. The first-order chi connectivity index (χ1) is 18.0. The van der Waals surface area contributed by atoms with Crippen LogP contribution < -0.4 is 10.0 Å². The van der Waals surface area contributed by atoms with Gasteiger partial charge in [-0.25, -0.2) is 31.5 Å². The number of nitrogens with one attached hydrogen (secondary N) is 2. The first-order valence-corrected chi connectivity index (χ1v) is 15.3. The van der Waals surface area contributed by atoms with Crippen LogP contribution in [0.3, 0.4) is 0 Å². The van der Waals surface area contributed by atoms with Crippen LogP contribution in [0.15, 0.2) is 58.3 Å². The maximum atomic E-state index is 13.2. The number of halogens is 1. The van der Waals surface area contributed by atoms with Crippen molar-refractivity contribution in [1.29, 1.82) is 0 Å². The van der Waals surface area contributed by atoms with Gasteiger partial charge in [-0.15, -0.1) is 0 Å². The number of hydrogen-bond donors (Lipinski definition) is 2. The number of sulfonamides is 2. The molecule has 4 rings (SSSR count). The highest BCUT2D eigenvalue weighted by atomic mass is 35.5. The zero-order valence-corrected chi connectivity index (χ0v) is 23.3. The van der Waals surface area contributed by atoms with Gasteiger partial charge in [0.15, 0.2) is 0 Å². The number of carbonyl (C=O) groups excluding carboxylic acids is 1. The molecule has 1 aliphatic rings. The van der Waals surface area contributed by atoms with E-state index < -0.39 is 26.0 Å². The summed E-state index contributed by atoms with van der Waals surface area (Å²) in [5.74, 6) is -0.662. The molecule has 0 aliphatic carbocycles. The van der Waals surface area contributed by atoms with Crippen LogP contribution in [0.1, 0.15) is 47.4 Å². The minimum Gasteiger partial charge on any atom is -0.322 e. The van der Waals surface area contributed by atoms with Crippen LogP contribution in [0, 0.1) is 13.8 Å². The number of benzene rings is 2. The van der Waals surface area contributed by atoms with Crippen molar-refractivity contribution in [2.75, 3.05) is 23.1 Å². The van der Waals surface area contributed by atoms with E-state index in [9.17, 15) is 21.6 Å². The number of aromatic nitrogens is 2. The van der Waals surface area contributed by atoms with Gasteiger partial charge in [-0.2, -0.15) is 4.31 Å². The minimum atomic E-state index is -3.97. The van der Waals surface area contributed by atoms with Crippen molar-refractivity contribution in [1.82, 2.24) is 14.3 Å². The maximum absolute atomic E-state index is 13.2. The largest absolute Gasteiger partial charge is 0.322 e. The van der Waals surface area contributed by atoms with Gasteiger partial charge < -0.3 is 5.32 Å². The Labute approximate surface area is 227 Å². The third-order valence-electron chi connectivity index (χ3n) is 6.02. The fourth-order valence-corrected chi connectivity index (χ4v) is 6.83. The lowest BCUT2D eigenvalue weighted by atomic mass is 10.2. The summed E-state index contributed by atoms with van der Waals surface area (Å²) in [6.45, 7) is 4.34. The van der Waals surface area contributed by atoms with E-state index >= 15 is 0 Å². The zero-order chi connectivity index (χ0) is 27.5. The smallest absolute Gasteiger partial charge is 0.264 e. The van der Waals surface area contributed by atoms with Gasteiger partial charge in [0.1, 0.15) is 0 Å². The number of hydrogen-bond acceptors (Lipinski definition) is 7. The van der Waals surface area contributed by atoms with Gasteiger partial charge in [-0.1, -0.05) is 24.4 Å². The Hall–Kier alpha value is -3.06. The molecule has 0 bridgehead atoms. The molecule has 38 heavy (non-hydrogen) atoms. The minimum absolute atomic E-state index is 0.00456. The molecule has 1 aliphatic heterocycles. The van der Waals surface area contributed by atoms with Crippen LogP contribution in [0.2, 0.25) is 5.02 Å². The van der Waals surface area contributed by atoms with Crippen molar-refractivity contribution in [2.45, 2.75) is 49.3 Å². The van der Waals surface area contributed by atoms with Crippen LogP contribution in [0.25, 0.3) is 0 Å². The van der Waals surface area contributed by atoms with Gasteiger partial charge in [0, 0.05) is 30.2 Å². The Balaban J connectivity index is 1.50. The summed E-state index contributed by atoms with van der Waals surface area (Å²) in [5.41, 5.74) is 1.53. The predicted octanol–water partition coefficient (Wildman–Crippen LogP) is 4.36. The second-order valence-electron chi connectivity index (χ2n) is 9.02. The number of amides is 1. The Kier molecular flexibility index (Phi) is 8.36. The van der Waals surface area contributed by atoms with E-state index in [4.69, 9.17) is 11.6 Å². The maximum Gasteiger partial charge on any atom is 0.264 e.